The Kier molecular flexibility index (Phi) is 4.12. The first kappa shape index (κ1) is 12.9. The first-order valence-corrected chi connectivity index (χ1v) is 7.89. The molecule has 2 rings (SSSR count). The highest BCUT2D eigenvalue weighted by molar-refractivity contribution is 7.99. The molecule has 94 valence electrons. The summed E-state index contributed by atoms with van der Waals surface area (Å²) in [5.41, 5.74) is 2.43. The van der Waals surface area contributed by atoms with Gasteiger partial charge >= 0.3 is 0 Å². The molecular formula is C12H19N3S2. The van der Waals surface area contributed by atoms with Gasteiger partial charge in [-0.15, -0.1) is 11.3 Å². The molecule has 0 bridgehead atoms. The summed E-state index contributed by atoms with van der Waals surface area (Å²) in [6, 6.07) is 0. The second-order valence-electron chi connectivity index (χ2n) is 4.32. The number of aromatic nitrogens is 2. The molecule has 0 aliphatic heterocycles. The molecule has 0 aliphatic rings. The number of rotatable bonds is 5. The van der Waals surface area contributed by atoms with Crippen LogP contribution in [-0.4, -0.2) is 27.4 Å². The number of thioether (sulfide) groups is 1. The number of fused-ring (bicyclic) bond motifs is 1. The molecule has 0 saturated heterocycles. The van der Waals surface area contributed by atoms with Crippen LogP contribution in [0.1, 0.15) is 23.2 Å². The van der Waals surface area contributed by atoms with Gasteiger partial charge in [-0.05, 0) is 20.1 Å². The lowest BCUT2D eigenvalue weighted by molar-refractivity contribution is 0.666. The minimum atomic E-state index is 0.655. The van der Waals surface area contributed by atoms with E-state index in [4.69, 9.17) is 0 Å². The van der Waals surface area contributed by atoms with Crippen LogP contribution in [0.15, 0.2) is 6.20 Å². The second kappa shape index (κ2) is 5.42. The number of nitrogens with zero attached hydrogens (tertiary/aromatic N) is 2. The van der Waals surface area contributed by atoms with E-state index in [0.717, 1.165) is 23.7 Å². The van der Waals surface area contributed by atoms with E-state index < -0.39 is 0 Å². The Morgan fingerprint density at radius 2 is 2.29 bits per heavy atom. The predicted molar refractivity (Wildman–Crippen MR) is 77.2 cm³/mol. The first-order chi connectivity index (χ1) is 8.11. The zero-order chi connectivity index (χ0) is 12.4. The Hall–Kier alpha value is -0.520. The molecule has 0 aliphatic carbocycles. The Morgan fingerprint density at radius 3 is 3.00 bits per heavy atom. The normalized spacial score (nSPS) is 13.4. The van der Waals surface area contributed by atoms with Gasteiger partial charge in [-0.25, -0.2) is 4.98 Å². The Morgan fingerprint density at radius 1 is 1.53 bits per heavy atom. The summed E-state index contributed by atoms with van der Waals surface area (Å²) >= 11 is 3.64. The molecule has 0 aromatic carbocycles. The van der Waals surface area contributed by atoms with Crippen molar-refractivity contribution in [1.82, 2.24) is 14.7 Å². The van der Waals surface area contributed by atoms with Crippen molar-refractivity contribution in [3.63, 3.8) is 0 Å². The van der Waals surface area contributed by atoms with E-state index in [1.807, 2.05) is 11.8 Å². The fourth-order valence-corrected chi connectivity index (χ4v) is 2.97. The molecule has 1 unspecified atom stereocenters. The van der Waals surface area contributed by atoms with Gasteiger partial charge in [-0.2, -0.15) is 11.8 Å². The fraction of sp³-hybridized carbons (Fsp3) is 0.583. The van der Waals surface area contributed by atoms with Gasteiger partial charge in [0.1, 0.15) is 0 Å². The van der Waals surface area contributed by atoms with Crippen LogP contribution in [0, 0.1) is 13.8 Å². The van der Waals surface area contributed by atoms with E-state index in [-0.39, 0.29) is 0 Å². The van der Waals surface area contributed by atoms with Gasteiger partial charge in [0.25, 0.3) is 0 Å². The largest absolute Gasteiger partial charge is 0.310 e. The summed E-state index contributed by atoms with van der Waals surface area (Å²) in [6.07, 6.45) is 4.33. The van der Waals surface area contributed by atoms with E-state index in [9.17, 15) is 0 Å². The van der Waals surface area contributed by atoms with E-state index in [1.165, 1.54) is 10.6 Å². The minimum Gasteiger partial charge on any atom is -0.310 e. The van der Waals surface area contributed by atoms with Crippen molar-refractivity contribution in [1.29, 1.82) is 0 Å². The van der Waals surface area contributed by atoms with Gasteiger partial charge in [0.05, 0.1) is 11.4 Å². The lowest BCUT2D eigenvalue weighted by atomic mass is 10.3. The van der Waals surface area contributed by atoms with Crippen LogP contribution < -0.4 is 5.32 Å². The van der Waals surface area contributed by atoms with Crippen molar-refractivity contribution < 1.29 is 0 Å². The van der Waals surface area contributed by atoms with Crippen LogP contribution in [0.5, 0.6) is 0 Å². The second-order valence-corrected chi connectivity index (χ2v) is 6.80. The maximum Gasteiger partial charge on any atom is 0.194 e. The van der Waals surface area contributed by atoms with Crippen molar-refractivity contribution in [2.45, 2.75) is 32.6 Å². The molecule has 1 N–H and O–H groups in total. The third-order valence-electron chi connectivity index (χ3n) is 2.87. The molecule has 2 heterocycles. The molecule has 3 nitrogen and oxygen atoms in total. The number of nitrogens with one attached hydrogen (secondary N) is 1. The van der Waals surface area contributed by atoms with Crippen molar-refractivity contribution >= 4 is 28.1 Å². The number of thiazole rings is 1. The van der Waals surface area contributed by atoms with Gasteiger partial charge < -0.3 is 5.32 Å². The van der Waals surface area contributed by atoms with Crippen LogP contribution in [-0.2, 0) is 6.54 Å². The zero-order valence-electron chi connectivity index (χ0n) is 10.8. The highest BCUT2D eigenvalue weighted by Crippen LogP contribution is 2.20. The Labute approximate surface area is 111 Å². The lowest BCUT2D eigenvalue weighted by Crippen LogP contribution is -2.23. The van der Waals surface area contributed by atoms with Crippen LogP contribution >= 0.6 is 23.1 Å². The summed E-state index contributed by atoms with van der Waals surface area (Å²) in [6.45, 7) is 8.39. The average molecular weight is 269 g/mol. The van der Waals surface area contributed by atoms with Gasteiger partial charge in [-0.3, -0.25) is 4.40 Å². The molecule has 2 aromatic heterocycles. The van der Waals surface area contributed by atoms with Crippen LogP contribution in [0.4, 0.5) is 0 Å². The summed E-state index contributed by atoms with van der Waals surface area (Å²) in [5.74, 6) is 0. The van der Waals surface area contributed by atoms with Crippen molar-refractivity contribution in [3.8, 4) is 0 Å². The molecule has 0 amide bonds. The lowest BCUT2D eigenvalue weighted by Gasteiger charge is -2.09. The molecule has 2 aromatic rings. The summed E-state index contributed by atoms with van der Waals surface area (Å²) in [7, 11) is 0. The minimum absolute atomic E-state index is 0.655. The van der Waals surface area contributed by atoms with Crippen LogP contribution in [0.2, 0.25) is 0 Å². The Bertz CT molecular complexity index is 501. The quantitative estimate of drug-likeness (QED) is 0.905. The number of hydrogen-bond donors (Lipinski definition) is 1. The summed E-state index contributed by atoms with van der Waals surface area (Å²) < 4.78 is 2.21. The third-order valence-corrected chi connectivity index (χ3v) is 4.74. The van der Waals surface area contributed by atoms with Gasteiger partial charge in [0.15, 0.2) is 4.96 Å². The average Bonchev–Trinajstić information content (AvgIpc) is 2.76. The monoisotopic (exact) mass is 269 g/mol. The summed E-state index contributed by atoms with van der Waals surface area (Å²) in [4.78, 5) is 7.01. The predicted octanol–water partition coefficient (Wildman–Crippen LogP) is 2.85. The molecule has 17 heavy (non-hydrogen) atoms. The first-order valence-electron chi connectivity index (χ1n) is 5.79. The van der Waals surface area contributed by atoms with E-state index in [1.54, 1.807) is 11.3 Å². The molecule has 0 radical (unpaired) electrons. The third kappa shape index (κ3) is 2.84. The van der Waals surface area contributed by atoms with Crippen molar-refractivity contribution in [3.05, 3.63) is 22.5 Å². The van der Waals surface area contributed by atoms with Gasteiger partial charge in [-0.1, -0.05) is 6.92 Å². The van der Waals surface area contributed by atoms with Crippen LogP contribution in [0.3, 0.4) is 0 Å². The number of imidazole rings is 1. The molecule has 0 saturated carbocycles. The molecular weight excluding hydrogens is 250 g/mol. The molecule has 5 heteroatoms. The van der Waals surface area contributed by atoms with E-state index in [0.29, 0.717) is 5.25 Å². The maximum atomic E-state index is 4.59. The number of hydrogen-bond acceptors (Lipinski definition) is 4. The topological polar surface area (TPSA) is 29.3 Å². The SMILES string of the molecule is CSC(C)CNCc1c(C)nc2sc(C)cn12. The molecule has 0 fully saturated rings. The maximum absolute atomic E-state index is 4.59. The highest BCUT2D eigenvalue weighted by atomic mass is 32.2. The summed E-state index contributed by atoms with van der Waals surface area (Å²) in [5, 5.41) is 4.16. The van der Waals surface area contributed by atoms with Gasteiger partial charge in [0, 0.05) is 29.4 Å². The van der Waals surface area contributed by atoms with Gasteiger partial charge in [0.2, 0.25) is 0 Å². The number of aryl methyl sites for hydroxylation is 2. The van der Waals surface area contributed by atoms with Crippen molar-refractivity contribution in [2.24, 2.45) is 0 Å². The van der Waals surface area contributed by atoms with Crippen LogP contribution in [0.25, 0.3) is 4.96 Å². The highest BCUT2D eigenvalue weighted by Gasteiger charge is 2.10. The molecule has 1 atom stereocenters. The molecule has 0 spiro atoms. The van der Waals surface area contributed by atoms with Crippen molar-refractivity contribution in [2.75, 3.05) is 12.8 Å². The standard InChI is InChI=1S/C12H19N3S2/c1-8(16-4)5-13-6-11-10(3)14-12-15(11)7-9(2)17-12/h7-8,13H,5-6H2,1-4H3. The Balaban J connectivity index is 2.09. The smallest absolute Gasteiger partial charge is 0.194 e. The fourth-order valence-electron chi connectivity index (χ4n) is 1.80. The zero-order valence-corrected chi connectivity index (χ0v) is 12.4. The van der Waals surface area contributed by atoms with E-state index in [2.05, 4.69) is 47.9 Å². The van der Waals surface area contributed by atoms with E-state index >= 15 is 0 Å².